The first-order valence-corrected chi connectivity index (χ1v) is 9.67. The van der Waals surface area contributed by atoms with Crippen LogP contribution >= 0.6 is 0 Å². The van der Waals surface area contributed by atoms with E-state index in [-0.39, 0.29) is 61.9 Å². The fraction of sp³-hybridized carbons (Fsp3) is 0.684. The van der Waals surface area contributed by atoms with Crippen LogP contribution in [0.25, 0.3) is 0 Å². The lowest BCUT2D eigenvalue weighted by Gasteiger charge is -2.34. The first-order valence-electron chi connectivity index (χ1n) is 9.67. The summed E-state index contributed by atoms with van der Waals surface area (Å²) in [6.45, 7) is 2.76. The van der Waals surface area contributed by atoms with E-state index >= 15 is 0 Å². The third kappa shape index (κ3) is 5.09. The molecule has 1 aromatic rings. The van der Waals surface area contributed by atoms with Crippen molar-refractivity contribution in [2.24, 2.45) is 11.8 Å². The van der Waals surface area contributed by atoms with Crippen LogP contribution in [0.3, 0.4) is 0 Å². The van der Waals surface area contributed by atoms with Gasteiger partial charge < -0.3 is 20.1 Å². The fourth-order valence-electron chi connectivity index (χ4n) is 3.66. The van der Waals surface area contributed by atoms with Crippen molar-refractivity contribution in [1.29, 1.82) is 0 Å². The number of halogens is 4. The summed E-state index contributed by atoms with van der Waals surface area (Å²) >= 11 is 0. The number of alkyl halides is 3. The number of ether oxygens (including phenoxy) is 2. The molecule has 0 radical (unpaired) electrons. The van der Waals surface area contributed by atoms with Gasteiger partial charge in [-0.2, -0.15) is 18.2 Å². The van der Waals surface area contributed by atoms with Crippen molar-refractivity contribution in [1.82, 2.24) is 15.6 Å². The number of carbonyl (C=O) groups excluding carboxylic acids is 1. The first-order chi connectivity index (χ1) is 13.7. The second-order valence-electron chi connectivity index (χ2n) is 7.66. The maximum atomic E-state index is 14.5. The maximum absolute atomic E-state index is 14.5. The predicted octanol–water partition coefficient (Wildman–Crippen LogP) is 2.95. The van der Waals surface area contributed by atoms with E-state index in [0.717, 1.165) is 6.54 Å². The van der Waals surface area contributed by atoms with E-state index in [0.29, 0.717) is 5.56 Å². The molecule has 1 amide bonds. The molecule has 3 rings (SSSR count). The Bertz CT molecular complexity index is 736. The lowest BCUT2D eigenvalue weighted by Crippen LogP contribution is -2.59. The summed E-state index contributed by atoms with van der Waals surface area (Å²) in [6, 6.07) is 0.897. The van der Waals surface area contributed by atoms with Crippen molar-refractivity contribution >= 4 is 5.91 Å². The Morgan fingerprint density at radius 2 is 1.97 bits per heavy atom. The zero-order chi connectivity index (χ0) is 21.2. The zero-order valence-electron chi connectivity index (χ0n) is 16.3. The largest absolute Gasteiger partial charge is 0.481 e. The molecule has 2 atom stereocenters. The second kappa shape index (κ2) is 8.73. The number of amides is 1. The molecule has 0 spiro atoms. The minimum absolute atomic E-state index is 0.0355. The van der Waals surface area contributed by atoms with Gasteiger partial charge in [0.25, 0.3) is 5.88 Å². The maximum Gasteiger partial charge on any atom is 0.391 e. The summed E-state index contributed by atoms with van der Waals surface area (Å²) in [7, 11) is 1.36. The highest BCUT2D eigenvalue weighted by atomic mass is 19.4. The highest BCUT2D eigenvalue weighted by Crippen LogP contribution is 2.38. The van der Waals surface area contributed by atoms with Crippen LogP contribution in [0.2, 0.25) is 0 Å². The van der Waals surface area contributed by atoms with Crippen LogP contribution < -0.4 is 20.1 Å². The van der Waals surface area contributed by atoms with Crippen molar-refractivity contribution in [2.45, 2.75) is 57.5 Å². The summed E-state index contributed by atoms with van der Waals surface area (Å²) in [4.78, 5) is 16.1. The van der Waals surface area contributed by atoms with E-state index in [4.69, 9.17) is 9.47 Å². The Morgan fingerprint density at radius 3 is 2.48 bits per heavy atom. The lowest BCUT2D eigenvalue weighted by atomic mass is 9.87. The van der Waals surface area contributed by atoms with Gasteiger partial charge in [0.05, 0.1) is 19.1 Å². The molecule has 1 aromatic heterocycles. The first kappa shape index (κ1) is 21.6. The van der Waals surface area contributed by atoms with Gasteiger partial charge in [-0.25, -0.2) is 4.39 Å². The number of hydrogen-bond acceptors (Lipinski definition) is 5. The Morgan fingerprint density at radius 1 is 1.28 bits per heavy atom. The van der Waals surface area contributed by atoms with Crippen LogP contribution in [0.4, 0.5) is 17.6 Å². The lowest BCUT2D eigenvalue weighted by molar-refractivity contribution is -0.185. The molecule has 29 heavy (non-hydrogen) atoms. The van der Waals surface area contributed by atoms with E-state index in [1.807, 2.05) is 6.92 Å². The standard InChI is InChI=1S/C19H25F4N3O3/c1-10-8-24-15(10)16(27)25-9-11-7-14(20)18(26-17(11)28-2)29-13-5-3-12(4-6-13)19(21,22)23/h7,10,12-13,15,24H,3-6,8-9H2,1-2H3,(H,25,27). The van der Waals surface area contributed by atoms with E-state index in [1.165, 1.54) is 13.2 Å². The molecule has 1 aliphatic carbocycles. The molecule has 2 aliphatic rings. The Labute approximate surface area is 166 Å². The van der Waals surface area contributed by atoms with Crippen LogP contribution in [-0.2, 0) is 11.3 Å². The number of nitrogens with one attached hydrogen (secondary N) is 2. The smallest absolute Gasteiger partial charge is 0.391 e. The number of methoxy groups -OCH3 is 1. The van der Waals surface area contributed by atoms with E-state index in [2.05, 4.69) is 15.6 Å². The van der Waals surface area contributed by atoms with Crippen LogP contribution in [0.1, 0.15) is 38.2 Å². The van der Waals surface area contributed by atoms with Gasteiger partial charge in [-0.15, -0.1) is 0 Å². The molecule has 1 saturated carbocycles. The monoisotopic (exact) mass is 419 g/mol. The van der Waals surface area contributed by atoms with Crippen molar-refractivity contribution in [3.05, 3.63) is 17.4 Å². The molecule has 2 unspecified atom stereocenters. The molecule has 2 N–H and O–H groups in total. The zero-order valence-corrected chi connectivity index (χ0v) is 16.3. The molecule has 6 nitrogen and oxygen atoms in total. The third-order valence-electron chi connectivity index (χ3n) is 5.56. The summed E-state index contributed by atoms with van der Waals surface area (Å²) < 4.78 is 63.5. The number of nitrogens with zero attached hydrogens (tertiary/aromatic N) is 1. The van der Waals surface area contributed by atoms with Gasteiger partial charge >= 0.3 is 6.18 Å². The minimum Gasteiger partial charge on any atom is -0.481 e. The van der Waals surface area contributed by atoms with Crippen molar-refractivity contribution in [2.75, 3.05) is 13.7 Å². The molecule has 2 heterocycles. The van der Waals surface area contributed by atoms with Crippen LogP contribution in [0.15, 0.2) is 6.07 Å². The average molecular weight is 419 g/mol. The molecule has 1 aliphatic heterocycles. The SMILES string of the molecule is COc1nc(OC2CCC(C(F)(F)F)CC2)c(F)cc1CNC(=O)C1NCC1C. The van der Waals surface area contributed by atoms with Crippen LogP contribution in [0.5, 0.6) is 11.8 Å². The second-order valence-corrected chi connectivity index (χ2v) is 7.66. The quantitative estimate of drug-likeness (QED) is 0.694. The van der Waals surface area contributed by atoms with E-state index < -0.39 is 24.0 Å². The molecule has 0 aromatic carbocycles. The number of aromatic nitrogens is 1. The van der Waals surface area contributed by atoms with Crippen LogP contribution in [-0.4, -0.2) is 42.9 Å². The van der Waals surface area contributed by atoms with Gasteiger partial charge in [0.1, 0.15) is 6.10 Å². The molecular formula is C19H25F4N3O3. The Kier molecular flexibility index (Phi) is 6.50. The van der Waals surface area contributed by atoms with E-state index in [1.54, 1.807) is 0 Å². The molecular weight excluding hydrogens is 394 g/mol. The Hall–Kier alpha value is -2.10. The fourth-order valence-corrected chi connectivity index (χ4v) is 3.66. The number of rotatable bonds is 6. The van der Waals surface area contributed by atoms with Gasteiger partial charge in [0.2, 0.25) is 11.8 Å². The van der Waals surface area contributed by atoms with Gasteiger partial charge in [0, 0.05) is 18.7 Å². The number of hydrogen-bond donors (Lipinski definition) is 2. The third-order valence-corrected chi connectivity index (χ3v) is 5.56. The van der Waals surface area contributed by atoms with Gasteiger partial charge in [0.15, 0.2) is 5.82 Å². The number of carbonyl (C=O) groups is 1. The van der Waals surface area contributed by atoms with Gasteiger partial charge in [-0.3, -0.25) is 4.79 Å². The van der Waals surface area contributed by atoms with Crippen molar-refractivity contribution < 1.29 is 31.8 Å². The highest BCUT2D eigenvalue weighted by molar-refractivity contribution is 5.83. The summed E-state index contributed by atoms with van der Waals surface area (Å²) in [6.07, 6.45) is -4.49. The van der Waals surface area contributed by atoms with Gasteiger partial charge in [-0.1, -0.05) is 6.92 Å². The van der Waals surface area contributed by atoms with Gasteiger partial charge in [-0.05, 0) is 37.7 Å². The molecule has 1 saturated heterocycles. The predicted molar refractivity (Wildman–Crippen MR) is 96.0 cm³/mol. The normalized spacial score (nSPS) is 27.1. The van der Waals surface area contributed by atoms with Crippen molar-refractivity contribution in [3.63, 3.8) is 0 Å². The number of pyridine rings is 1. The molecule has 0 bridgehead atoms. The summed E-state index contributed by atoms with van der Waals surface area (Å²) in [5, 5.41) is 5.73. The van der Waals surface area contributed by atoms with Crippen LogP contribution in [0, 0.1) is 17.7 Å². The minimum atomic E-state index is -4.21. The highest BCUT2D eigenvalue weighted by Gasteiger charge is 2.42. The average Bonchev–Trinajstić information content (AvgIpc) is 2.66. The Balaban J connectivity index is 1.60. The molecule has 10 heteroatoms. The summed E-state index contributed by atoms with van der Waals surface area (Å²) in [5.74, 6) is -2.25. The van der Waals surface area contributed by atoms with E-state index in [9.17, 15) is 22.4 Å². The molecule has 2 fully saturated rings. The summed E-state index contributed by atoms with van der Waals surface area (Å²) in [5.41, 5.74) is 0.346. The molecule has 162 valence electrons. The topological polar surface area (TPSA) is 72.5 Å². The van der Waals surface area contributed by atoms with Crippen molar-refractivity contribution in [3.8, 4) is 11.8 Å².